The van der Waals surface area contributed by atoms with E-state index in [9.17, 15) is 0 Å². The zero-order valence-corrected chi connectivity index (χ0v) is 7.66. The molecule has 0 saturated heterocycles. The van der Waals surface area contributed by atoms with E-state index < -0.39 is 0 Å². The molecule has 65 valence electrons. The Morgan fingerprint density at radius 3 is 2.50 bits per heavy atom. The first-order chi connectivity index (χ1) is 5.83. The maximum atomic E-state index is 3.83. The minimum Gasteiger partial charge on any atom is -0.302 e. The second-order valence-corrected chi connectivity index (χ2v) is 3.08. The van der Waals surface area contributed by atoms with Crippen LogP contribution in [0.5, 0.6) is 0 Å². The van der Waals surface area contributed by atoms with Gasteiger partial charge in [0.25, 0.3) is 0 Å². The second kappa shape index (κ2) is 4.94. The fourth-order valence-electron chi connectivity index (χ4n) is 1.24. The van der Waals surface area contributed by atoms with Gasteiger partial charge in [-0.05, 0) is 25.6 Å². The number of nitrogens with zero attached hydrogens (tertiary/aromatic N) is 1. The molecule has 1 aromatic carbocycles. The fraction of sp³-hybridized carbons (Fsp3) is 0.364. The molecule has 0 N–H and O–H groups in total. The van der Waals surface area contributed by atoms with Crippen molar-refractivity contribution in [2.75, 3.05) is 13.6 Å². The van der Waals surface area contributed by atoms with E-state index in [0.717, 1.165) is 19.5 Å². The van der Waals surface area contributed by atoms with Crippen LogP contribution >= 0.6 is 0 Å². The summed E-state index contributed by atoms with van der Waals surface area (Å²) >= 11 is 0. The minimum absolute atomic E-state index is 0.976. The zero-order chi connectivity index (χ0) is 8.81. The summed E-state index contributed by atoms with van der Waals surface area (Å²) in [5.74, 6) is 0. The van der Waals surface area contributed by atoms with Gasteiger partial charge in [-0.2, -0.15) is 0 Å². The van der Waals surface area contributed by atoms with E-state index in [1.54, 1.807) is 0 Å². The normalized spacial score (nSPS) is 10.6. The Bertz CT molecular complexity index is 206. The predicted octanol–water partition coefficient (Wildman–Crippen LogP) is 2.34. The molecule has 1 heteroatoms. The lowest BCUT2D eigenvalue weighted by atomic mass is 10.2. The third-order valence-electron chi connectivity index (χ3n) is 1.84. The highest BCUT2D eigenvalue weighted by Gasteiger charge is 1.96. The molecule has 0 heterocycles. The number of benzene rings is 1. The summed E-state index contributed by atoms with van der Waals surface area (Å²) in [4.78, 5) is 2.28. The molecule has 0 saturated carbocycles. The van der Waals surface area contributed by atoms with Crippen molar-refractivity contribution in [1.82, 2.24) is 4.90 Å². The third kappa shape index (κ3) is 3.05. The Labute approximate surface area is 75.0 Å². The molecule has 0 atom stereocenters. The molecule has 12 heavy (non-hydrogen) atoms. The van der Waals surface area contributed by atoms with Crippen LogP contribution in [0.15, 0.2) is 30.3 Å². The van der Waals surface area contributed by atoms with Gasteiger partial charge < -0.3 is 4.90 Å². The number of hydrogen-bond acceptors (Lipinski definition) is 1. The van der Waals surface area contributed by atoms with E-state index in [0.29, 0.717) is 0 Å². The summed E-state index contributed by atoms with van der Waals surface area (Å²) in [7, 11) is 2.12. The molecule has 1 radical (unpaired) electrons. The third-order valence-corrected chi connectivity index (χ3v) is 1.84. The van der Waals surface area contributed by atoms with Crippen LogP contribution in [0.2, 0.25) is 0 Å². The molecule has 0 bridgehead atoms. The topological polar surface area (TPSA) is 3.24 Å². The Hall–Kier alpha value is -0.820. The van der Waals surface area contributed by atoms with Gasteiger partial charge in [-0.3, -0.25) is 0 Å². The zero-order valence-electron chi connectivity index (χ0n) is 7.66. The molecule has 0 aliphatic heterocycles. The summed E-state index contributed by atoms with van der Waals surface area (Å²) in [6, 6.07) is 10.5. The lowest BCUT2D eigenvalue weighted by molar-refractivity contribution is 0.333. The van der Waals surface area contributed by atoms with Gasteiger partial charge >= 0.3 is 0 Å². The van der Waals surface area contributed by atoms with Crippen molar-refractivity contribution >= 4 is 0 Å². The SMILES string of the molecule is [CH2]CCN(C)Cc1ccccc1. The van der Waals surface area contributed by atoms with E-state index in [4.69, 9.17) is 0 Å². The van der Waals surface area contributed by atoms with Gasteiger partial charge in [0.2, 0.25) is 0 Å². The van der Waals surface area contributed by atoms with E-state index in [-0.39, 0.29) is 0 Å². The summed E-state index contributed by atoms with van der Waals surface area (Å²) < 4.78 is 0. The first-order valence-corrected chi connectivity index (χ1v) is 4.34. The van der Waals surface area contributed by atoms with Gasteiger partial charge in [0.1, 0.15) is 0 Å². The first-order valence-electron chi connectivity index (χ1n) is 4.34. The molecular weight excluding hydrogens is 146 g/mol. The minimum atomic E-state index is 0.976. The second-order valence-electron chi connectivity index (χ2n) is 3.08. The Morgan fingerprint density at radius 1 is 1.25 bits per heavy atom. The summed E-state index contributed by atoms with van der Waals surface area (Å²) in [6.07, 6.45) is 0.976. The Balaban J connectivity index is 2.41. The first kappa shape index (κ1) is 9.27. The molecule has 0 amide bonds. The summed E-state index contributed by atoms with van der Waals surface area (Å²) in [6.45, 7) is 5.91. The van der Waals surface area contributed by atoms with Crippen LogP contribution in [0.3, 0.4) is 0 Å². The largest absolute Gasteiger partial charge is 0.302 e. The van der Waals surface area contributed by atoms with Gasteiger partial charge in [-0.15, -0.1) is 0 Å². The van der Waals surface area contributed by atoms with Crippen LogP contribution < -0.4 is 0 Å². The molecular formula is C11H16N. The number of rotatable bonds is 4. The van der Waals surface area contributed by atoms with E-state index in [2.05, 4.69) is 43.1 Å². The lowest BCUT2D eigenvalue weighted by Crippen LogP contribution is -2.18. The van der Waals surface area contributed by atoms with Crippen LogP contribution in [0.4, 0.5) is 0 Å². The average molecular weight is 162 g/mol. The fourth-order valence-corrected chi connectivity index (χ4v) is 1.24. The van der Waals surface area contributed by atoms with Crippen molar-refractivity contribution in [3.8, 4) is 0 Å². The average Bonchev–Trinajstić information content (AvgIpc) is 2.06. The smallest absolute Gasteiger partial charge is 0.0230 e. The van der Waals surface area contributed by atoms with Gasteiger partial charge in [0, 0.05) is 6.54 Å². The van der Waals surface area contributed by atoms with Crippen molar-refractivity contribution in [3.05, 3.63) is 42.8 Å². The van der Waals surface area contributed by atoms with Crippen LogP contribution in [0.1, 0.15) is 12.0 Å². The molecule has 0 aliphatic rings. The van der Waals surface area contributed by atoms with Crippen molar-refractivity contribution in [3.63, 3.8) is 0 Å². The van der Waals surface area contributed by atoms with Crippen molar-refractivity contribution in [1.29, 1.82) is 0 Å². The molecule has 0 aliphatic carbocycles. The van der Waals surface area contributed by atoms with Gasteiger partial charge in [0.15, 0.2) is 0 Å². The molecule has 1 nitrogen and oxygen atoms in total. The maximum absolute atomic E-state index is 3.83. The van der Waals surface area contributed by atoms with Crippen LogP contribution in [-0.4, -0.2) is 18.5 Å². The van der Waals surface area contributed by atoms with Gasteiger partial charge in [-0.1, -0.05) is 37.3 Å². The molecule has 0 spiro atoms. The molecule has 1 aromatic rings. The van der Waals surface area contributed by atoms with Crippen LogP contribution in [0.25, 0.3) is 0 Å². The molecule has 0 unspecified atom stereocenters. The highest BCUT2D eigenvalue weighted by Crippen LogP contribution is 2.02. The van der Waals surface area contributed by atoms with Crippen LogP contribution in [-0.2, 0) is 6.54 Å². The Kier molecular flexibility index (Phi) is 3.81. The predicted molar refractivity (Wildman–Crippen MR) is 52.8 cm³/mol. The summed E-state index contributed by atoms with van der Waals surface area (Å²) in [5.41, 5.74) is 1.37. The molecule has 1 rings (SSSR count). The van der Waals surface area contributed by atoms with E-state index in [1.807, 2.05) is 6.07 Å². The quantitative estimate of drug-likeness (QED) is 0.657. The van der Waals surface area contributed by atoms with Crippen molar-refractivity contribution < 1.29 is 0 Å². The van der Waals surface area contributed by atoms with E-state index in [1.165, 1.54) is 5.56 Å². The van der Waals surface area contributed by atoms with Crippen LogP contribution in [0, 0.1) is 6.92 Å². The number of hydrogen-bond donors (Lipinski definition) is 0. The van der Waals surface area contributed by atoms with E-state index >= 15 is 0 Å². The highest BCUT2D eigenvalue weighted by atomic mass is 15.1. The summed E-state index contributed by atoms with van der Waals surface area (Å²) in [5, 5.41) is 0. The van der Waals surface area contributed by atoms with Crippen molar-refractivity contribution in [2.45, 2.75) is 13.0 Å². The molecule has 0 fully saturated rings. The molecule has 0 aromatic heterocycles. The van der Waals surface area contributed by atoms with Crippen molar-refractivity contribution in [2.24, 2.45) is 0 Å². The van der Waals surface area contributed by atoms with Gasteiger partial charge in [-0.25, -0.2) is 0 Å². The van der Waals surface area contributed by atoms with Gasteiger partial charge in [0.05, 0.1) is 0 Å². The maximum Gasteiger partial charge on any atom is 0.0230 e. The Morgan fingerprint density at radius 2 is 1.92 bits per heavy atom. The standard InChI is InChI=1S/C11H16N/c1-3-9-12(2)10-11-7-5-4-6-8-11/h4-8H,1,3,9-10H2,2H3. The highest BCUT2D eigenvalue weighted by molar-refractivity contribution is 5.14. The lowest BCUT2D eigenvalue weighted by Gasteiger charge is -2.14. The monoisotopic (exact) mass is 162 g/mol.